The highest BCUT2D eigenvalue weighted by atomic mass is 35.5. The molecule has 0 aliphatic carbocycles. The zero-order valence-corrected chi connectivity index (χ0v) is 13.2. The molecule has 1 N–H and O–H groups in total. The molecule has 1 aromatic carbocycles. The molecular weight excluding hydrogens is 354 g/mol. The Morgan fingerprint density at radius 1 is 1.14 bits per heavy atom. The molecule has 0 saturated carbocycles. The fourth-order valence-corrected chi connectivity index (χ4v) is 2.51. The molecule has 2 nitrogen and oxygen atoms in total. The SMILES string of the molecule is Cl.Cl.Fc1ccc([C@H](N2CCNCC2)C(F)(F)F)c(Cl)c1. The van der Waals surface area contributed by atoms with Crippen LogP contribution in [0, 0.1) is 5.82 Å². The Morgan fingerprint density at radius 3 is 2.19 bits per heavy atom. The Hall–Kier alpha value is -0.270. The first-order chi connectivity index (χ1) is 8.89. The van der Waals surface area contributed by atoms with E-state index in [0.29, 0.717) is 13.1 Å². The van der Waals surface area contributed by atoms with E-state index in [4.69, 9.17) is 11.6 Å². The van der Waals surface area contributed by atoms with E-state index in [0.717, 1.165) is 18.2 Å². The normalized spacial score (nSPS) is 17.6. The average molecular weight is 370 g/mol. The van der Waals surface area contributed by atoms with Crippen LogP contribution in [0.1, 0.15) is 11.6 Å². The van der Waals surface area contributed by atoms with Gasteiger partial charge in [-0.25, -0.2) is 4.39 Å². The Morgan fingerprint density at radius 2 is 1.71 bits per heavy atom. The lowest BCUT2D eigenvalue weighted by molar-refractivity contribution is -0.187. The third-order valence-corrected chi connectivity index (χ3v) is 3.41. The van der Waals surface area contributed by atoms with Crippen LogP contribution in [0.3, 0.4) is 0 Å². The summed E-state index contributed by atoms with van der Waals surface area (Å²) in [6.45, 7) is 1.53. The molecule has 1 saturated heterocycles. The molecule has 0 radical (unpaired) electrons. The molecule has 2 rings (SSSR count). The van der Waals surface area contributed by atoms with Gasteiger partial charge in [-0.3, -0.25) is 4.90 Å². The number of hydrogen-bond donors (Lipinski definition) is 1. The fourth-order valence-electron chi connectivity index (χ4n) is 2.24. The minimum atomic E-state index is -4.45. The summed E-state index contributed by atoms with van der Waals surface area (Å²) < 4.78 is 52.7. The van der Waals surface area contributed by atoms with E-state index in [1.165, 1.54) is 4.90 Å². The van der Waals surface area contributed by atoms with E-state index in [-0.39, 0.29) is 48.5 Å². The van der Waals surface area contributed by atoms with Gasteiger partial charge in [-0.05, 0) is 17.7 Å². The molecule has 0 bridgehead atoms. The standard InChI is InChI=1S/C12H13ClF4N2.2ClH/c13-10-7-8(14)1-2-9(10)11(12(15,16)17)19-5-3-18-4-6-19;;/h1-2,7,11,18H,3-6H2;2*1H/t11-;;/m0../s1. The van der Waals surface area contributed by atoms with Crippen LogP contribution in [0.4, 0.5) is 17.6 Å². The predicted octanol–water partition coefficient (Wildman–Crippen LogP) is 3.83. The number of halogens is 7. The lowest BCUT2D eigenvalue weighted by atomic mass is 10.0. The van der Waals surface area contributed by atoms with Gasteiger partial charge in [0.2, 0.25) is 0 Å². The molecule has 0 aromatic heterocycles. The molecule has 122 valence electrons. The van der Waals surface area contributed by atoms with Crippen molar-refractivity contribution in [3.05, 3.63) is 34.6 Å². The minimum Gasteiger partial charge on any atom is -0.314 e. The molecule has 21 heavy (non-hydrogen) atoms. The van der Waals surface area contributed by atoms with Crippen molar-refractivity contribution in [1.29, 1.82) is 0 Å². The van der Waals surface area contributed by atoms with Gasteiger partial charge in [0.05, 0.1) is 0 Å². The van der Waals surface area contributed by atoms with Crippen molar-refractivity contribution in [2.75, 3.05) is 26.2 Å². The fraction of sp³-hybridized carbons (Fsp3) is 0.500. The monoisotopic (exact) mass is 368 g/mol. The maximum atomic E-state index is 13.3. The van der Waals surface area contributed by atoms with Crippen molar-refractivity contribution in [3.8, 4) is 0 Å². The average Bonchev–Trinajstić information content (AvgIpc) is 2.32. The Balaban J connectivity index is 0.00000200. The largest absolute Gasteiger partial charge is 0.408 e. The molecule has 0 unspecified atom stereocenters. The maximum absolute atomic E-state index is 13.3. The molecule has 0 amide bonds. The van der Waals surface area contributed by atoms with Crippen LogP contribution in [0.15, 0.2) is 18.2 Å². The summed E-state index contributed by atoms with van der Waals surface area (Å²) in [5.74, 6) is -0.644. The molecule has 1 aromatic rings. The number of alkyl halides is 3. The van der Waals surface area contributed by atoms with E-state index in [9.17, 15) is 17.6 Å². The highest BCUT2D eigenvalue weighted by Crippen LogP contribution is 2.40. The van der Waals surface area contributed by atoms with Crippen molar-refractivity contribution in [1.82, 2.24) is 10.2 Å². The van der Waals surface area contributed by atoms with Crippen LogP contribution in [0.2, 0.25) is 5.02 Å². The van der Waals surface area contributed by atoms with Gasteiger partial charge < -0.3 is 5.32 Å². The zero-order valence-electron chi connectivity index (χ0n) is 10.8. The summed E-state index contributed by atoms with van der Waals surface area (Å²) in [5.41, 5.74) is -0.0996. The van der Waals surface area contributed by atoms with Gasteiger partial charge in [0, 0.05) is 31.2 Å². The van der Waals surface area contributed by atoms with Crippen LogP contribution in [0.25, 0.3) is 0 Å². The van der Waals surface area contributed by atoms with Crippen molar-refractivity contribution in [3.63, 3.8) is 0 Å². The van der Waals surface area contributed by atoms with Crippen LogP contribution < -0.4 is 5.32 Å². The predicted molar refractivity (Wildman–Crippen MR) is 79.1 cm³/mol. The first-order valence-electron chi connectivity index (χ1n) is 5.86. The van der Waals surface area contributed by atoms with Gasteiger partial charge in [-0.15, -0.1) is 24.8 Å². The third-order valence-electron chi connectivity index (χ3n) is 3.08. The Bertz CT molecular complexity index is 451. The van der Waals surface area contributed by atoms with E-state index in [2.05, 4.69) is 5.32 Å². The number of nitrogens with zero attached hydrogens (tertiary/aromatic N) is 1. The van der Waals surface area contributed by atoms with E-state index in [1.54, 1.807) is 0 Å². The lowest BCUT2D eigenvalue weighted by Gasteiger charge is -2.36. The second kappa shape index (κ2) is 8.39. The van der Waals surface area contributed by atoms with Gasteiger partial charge in [0.15, 0.2) is 0 Å². The van der Waals surface area contributed by atoms with Gasteiger partial charge in [0.25, 0.3) is 0 Å². The number of benzene rings is 1. The number of piperazine rings is 1. The topological polar surface area (TPSA) is 15.3 Å². The maximum Gasteiger partial charge on any atom is 0.408 e. The van der Waals surface area contributed by atoms with E-state index < -0.39 is 18.0 Å². The number of rotatable bonds is 2. The van der Waals surface area contributed by atoms with Crippen LogP contribution >= 0.6 is 36.4 Å². The van der Waals surface area contributed by atoms with Gasteiger partial charge in [-0.1, -0.05) is 17.7 Å². The summed E-state index contributed by atoms with van der Waals surface area (Å²) in [7, 11) is 0. The number of nitrogens with one attached hydrogen (secondary N) is 1. The summed E-state index contributed by atoms with van der Waals surface area (Å²) in [5, 5.41) is 2.80. The second-order valence-electron chi connectivity index (χ2n) is 4.40. The van der Waals surface area contributed by atoms with Crippen molar-refractivity contribution >= 4 is 36.4 Å². The lowest BCUT2D eigenvalue weighted by Crippen LogP contribution is -2.49. The summed E-state index contributed by atoms with van der Waals surface area (Å²) in [4.78, 5) is 1.32. The summed E-state index contributed by atoms with van der Waals surface area (Å²) in [6, 6.07) is 1.24. The van der Waals surface area contributed by atoms with Crippen LogP contribution in [-0.4, -0.2) is 37.3 Å². The van der Waals surface area contributed by atoms with E-state index >= 15 is 0 Å². The molecule has 1 aliphatic heterocycles. The third kappa shape index (κ3) is 5.14. The molecule has 1 fully saturated rings. The second-order valence-corrected chi connectivity index (χ2v) is 4.80. The zero-order chi connectivity index (χ0) is 14.0. The summed E-state index contributed by atoms with van der Waals surface area (Å²) in [6.07, 6.45) is -4.45. The van der Waals surface area contributed by atoms with Gasteiger partial charge in [0.1, 0.15) is 11.9 Å². The van der Waals surface area contributed by atoms with Crippen LogP contribution in [0.5, 0.6) is 0 Å². The Kier molecular flexibility index (Phi) is 8.28. The minimum absolute atomic E-state index is 0. The van der Waals surface area contributed by atoms with Crippen molar-refractivity contribution in [2.24, 2.45) is 0 Å². The molecular formula is C12H15Cl3F4N2. The molecule has 9 heteroatoms. The summed E-state index contributed by atoms with van der Waals surface area (Å²) >= 11 is 5.77. The number of hydrogen-bond acceptors (Lipinski definition) is 2. The van der Waals surface area contributed by atoms with Crippen molar-refractivity contribution in [2.45, 2.75) is 12.2 Å². The highest BCUT2D eigenvalue weighted by molar-refractivity contribution is 6.31. The Labute approximate surface area is 137 Å². The van der Waals surface area contributed by atoms with Gasteiger partial charge in [-0.2, -0.15) is 13.2 Å². The molecule has 1 aliphatic rings. The first-order valence-corrected chi connectivity index (χ1v) is 6.24. The molecule has 1 heterocycles. The molecule has 0 spiro atoms. The highest BCUT2D eigenvalue weighted by Gasteiger charge is 2.45. The van der Waals surface area contributed by atoms with Gasteiger partial charge >= 0.3 is 6.18 Å². The molecule has 1 atom stereocenters. The smallest absolute Gasteiger partial charge is 0.314 e. The quantitative estimate of drug-likeness (QED) is 0.797. The first kappa shape index (κ1) is 20.7. The van der Waals surface area contributed by atoms with E-state index in [1.807, 2.05) is 0 Å². The van der Waals surface area contributed by atoms with Crippen molar-refractivity contribution < 1.29 is 17.6 Å². The van der Waals surface area contributed by atoms with Crippen LogP contribution in [-0.2, 0) is 0 Å².